The van der Waals surface area contributed by atoms with Gasteiger partial charge in [0.2, 0.25) is 0 Å². The molecule has 0 N–H and O–H groups in total. The van der Waals surface area contributed by atoms with E-state index < -0.39 is 16.1 Å². The summed E-state index contributed by atoms with van der Waals surface area (Å²) in [7, 11) is -4.56. The normalized spacial score (nSPS) is 11.3. The number of ether oxygens (including phenoxy) is 1. The Morgan fingerprint density at radius 3 is 2.17 bits per heavy atom. The van der Waals surface area contributed by atoms with Crippen LogP contribution in [0.4, 0.5) is 0 Å². The van der Waals surface area contributed by atoms with Gasteiger partial charge in [-0.05, 0) is 76.2 Å². The largest absolute Gasteiger partial charge is 0.744 e. The molecule has 24 heavy (non-hydrogen) atoms. The summed E-state index contributed by atoms with van der Waals surface area (Å²) in [5.41, 5.74) is 2.19. The van der Waals surface area contributed by atoms with Crippen LogP contribution in [0.5, 0.6) is 5.75 Å². The van der Waals surface area contributed by atoms with Crippen LogP contribution in [-0.2, 0) is 21.3 Å². The molecule has 0 amide bonds. The second kappa shape index (κ2) is 8.11. The quantitative estimate of drug-likeness (QED) is 0.237. The molecule has 8 heteroatoms. The molecule has 0 saturated heterocycles. The van der Waals surface area contributed by atoms with Crippen molar-refractivity contribution >= 4 is 61.3 Å². The van der Waals surface area contributed by atoms with E-state index in [-0.39, 0.29) is 24.2 Å². The minimum absolute atomic E-state index is 0.206. The van der Waals surface area contributed by atoms with E-state index in [0.717, 1.165) is 11.1 Å². The first kappa shape index (κ1) is 19.6. The zero-order chi connectivity index (χ0) is 17.9. The Kier molecular flexibility index (Phi) is 6.62. The molecule has 0 aliphatic carbocycles. The number of esters is 1. The number of hydrogen-bond acceptors (Lipinski definition) is 5. The van der Waals surface area contributed by atoms with Crippen molar-refractivity contribution in [1.29, 1.82) is 0 Å². The molecule has 0 radical (unpaired) electrons. The van der Waals surface area contributed by atoms with Crippen LogP contribution in [0.1, 0.15) is 17.5 Å². The summed E-state index contributed by atoms with van der Waals surface area (Å²) in [5, 5.41) is 0. The molecular weight excluding hydrogens is 558 g/mol. The third-order valence-electron chi connectivity index (χ3n) is 3.19. The summed E-state index contributed by atoms with van der Waals surface area (Å²) < 4.78 is 39.4. The predicted molar refractivity (Wildman–Crippen MR) is 105 cm³/mol. The smallest absolute Gasteiger partial charge is 0.311 e. The summed E-state index contributed by atoms with van der Waals surface area (Å²) in [4.78, 5) is 11.7. The van der Waals surface area contributed by atoms with Gasteiger partial charge in [0.15, 0.2) is 0 Å². The maximum Gasteiger partial charge on any atom is 0.311 e. The first-order chi connectivity index (χ1) is 11.2. The van der Waals surface area contributed by atoms with E-state index in [9.17, 15) is 17.8 Å². The fourth-order valence-electron chi connectivity index (χ4n) is 2.02. The van der Waals surface area contributed by atoms with Crippen molar-refractivity contribution in [1.82, 2.24) is 0 Å². The predicted octanol–water partition coefficient (Wildman–Crippen LogP) is 3.65. The Bertz CT molecular complexity index is 838. The maximum absolute atomic E-state index is 12.0. The first-order valence-electron chi connectivity index (χ1n) is 6.88. The van der Waals surface area contributed by atoms with E-state index in [1.54, 1.807) is 45.2 Å². The second-order valence-electron chi connectivity index (χ2n) is 5.13. The first-order valence-corrected chi connectivity index (χ1v) is 10.4. The molecule has 5 nitrogen and oxygen atoms in total. The van der Waals surface area contributed by atoms with Crippen LogP contribution in [0, 0.1) is 14.1 Å². The highest BCUT2D eigenvalue weighted by Gasteiger charge is 2.15. The number of halogens is 2. The van der Waals surface area contributed by atoms with Crippen LogP contribution in [-0.4, -0.2) is 18.9 Å². The summed E-state index contributed by atoms with van der Waals surface area (Å²) in [6.07, 6.45) is 0.762. The van der Waals surface area contributed by atoms with Crippen molar-refractivity contribution in [2.45, 2.75) is 24.7 Å². The lowest BCUT2D eigenvalue weighted by atomic mass is 10.1. The molecule has 0 aliphatic rings. The van der Waals surface area contributed by atoms with Crippen molar-refractivity contribution in [3.8, 4) is 5.75 Å². The van der Waals surface area contributed by atoms with E-state index in [2.05, 4.69) is 0 Å². The summed E-state index contributed by atoms with van der Waals surface area (Å²) in [6.45, 7) is 1.99. The zero-order valence-electron chi connectivity index (χ0n) is 12.6. The number of hydrogen-bond donors (Lipinski definition) is 0. The van der Waals surface area contributed by atoms with Gasteiger partial charge in [0.25, 0.3) is 0 Å². The highest BCUT2D eigenvalue weighted by atomic mass is 127. The summed E-state index contributed by atoms with van der Waals surface area (Å²) >= 11 is 3.48. The zero-order valence-corrected chi connectivity index (χ0v) is 17.7. The van der Waals surface area contributed by atoms with Gasteiger partial charge in [-0.1, -0.05) is 29.8 Å². The molecule has 0 spiro atoms. The minimum atomic E-state index is -4.56. The Labute approximate surface area is 167 Å². The standard InChI is InChI=1S/C16H14I2O5S/c1-10-2-4-11(5-3-10)6-7-15(19)23-12-8-13(17)16(14(18)9-12)24(20,21)22/h2-5,8-9H,6-7H2,1H3,(H,20,21,22)/p-1. The molecule has 2 aromatic rings. The molecule has 0 unspecified atom stereocenters. The topological polar surface area (TPSA) is 83.5 Å². The molecule has 0 bridgehead atoms. The van der Waals surface area contributed by atoms with Crippen LogP contribution < -0.4 is 4.74 Å². The van der Waals surface area contributed by atoms with E-state index in [1.807, 2.05) is 31.2 Å². The van der Waals surface area contributed by atoms with Gasteiger partial charge >= 0.3 is 5.97 Å². The molecule has 0 heterocycles. The second-order valence-corrected chi connectivity index (χ2v) is 8.77. The molecule has 0 atom stereocenters. The molecule has 2 aromatic carbocycles. The van der Waals surface area contributed by atoms with Crippen molar-refractivity contribution in [2.75, 3.05) is 0 Å². The molecular formula is C16H13I2O5S-. The molecule has 128 valence electrons. The monoisotopic (exact) mass is 571 g/mol. The van der Waals surface area contributed by atoms with Crippen LogP contribution in [0.3, 0.4) is 0 Å². The van der Waals surface area contributed by atoms with Gasteiger partial charge in [0, 0.05) is 13.6 Å². The van der Waals surface area contributed by atoms with Gasteiger partial charge in [-0.3, -0.25) is 4.79 Å². The van der Waals surface area contributed by atoms with Gasteiger partial charge in [-0.15, -0.1) is 0 Å². The molecule has 0 aromatic heterocycles. The third-order valence-corrected chi connectivity index (χ3v) is 6.57. The fourth-order valence-corrected chi connectivity index (χ4v) is 5.94. The summed E-state index contributed by atoms with van der Waals surface area (Å²) in [6, 6.07) is 10.6. The SMILES string of the molecule is Cc1ccc(CCC(=O)Oc2cc(I)c(S(=O)(=O)[O-])c(I)c2)cc1. The van der Waals surface area contributed by atoms with Crippen LogP contribution in [0.15, 0.2) is 41.3 Å². The lowest BCUT2D eigenvalue weighted by molar-refractivity contribution is -0.134. The number of aryl methyl sites for hydroxylation is 2. The Morgan fingerprint density at radius 1 is 1.12 bits per heavy atom. The molecule has 0 fully saturated rings. The number of carbonyl (C=O) groups excluding carboxylic acids is 1. The van der Waals surface area contributed by atoms with Gasteiger partial charge in [0.1, 0.15) is 15.9 Å². The van der Waals surface area contributed by atoms with E-state index in [4.69, 9.17) is 4.74 Å². The maximum atomic E-state index is 12.0. The van der Waals surface area contributed by atoms with E-state index in [1.165, 1.54) is 12.1 Å². The van der Waals surface area contributed by atoms with Gasteiger partial charge in [-0.2, -0.15) is 0 Å². The number of carbonyl (C=O) groups is 1. The number of benzene rings is 2. The Hall–Kier alpha value is -0.720. The van der Waals surface area contributed by atoms with Gasteiger partial charge < -0.3 is 9.29 Å². The van der Waals surface area contributed by atoms with Crippen LogP contribution in [0.25, 0.3) is 0 Å². The van der Waals surface area contributed by atoms with Crippen molar-refractivity contribution in [3.05, 3.63) is 54.7 Å². The van der Waals surface area contributed by atoms with Crippen molar-refractivity contribution in [2.24, 2.45) is 0 Å². The highest BCUT2D eigenvalue weighted by Crippen LogP contribution is 2.29. The van der Waals surface area contributed by atoms with Crippen LogP contribution >= 0.6 is 45.2 Å². The van der Waals surface area contributed by atoms with Crippen LogP contribution in [0.2, 0.25) is 0 Å². The minimum Gasteiger partial charge on any atom is -0.744 e. The highest BCUT2D eigenvalue weighted by molar-refractivity contribution is 14.1. The third kappa shape index (κ3) is 5.39. The lowest BCUT2D eigenvalue weighted by Gasteiger charge is -2.13. The lowest BCUT2D eigenvalue weighted by Crippen LogP contribution is -2.11. The summed E-state index contributed by atoms with van der Waals surface area (Å²) in [5.74, 6) is -0.190. The average Bonchev–Trinajstić information content (AvgIpc) is 2.44. The fraction of sp³-hybridized carbons (Fsp3) is 0.188. The molecule has 0 aliphatic heterocycles. The van der Waals surface area contributed by atoms with Crippen molar-refractivity contribution < 1.29 is 22.5 Å². The van der Waals surface area contributed by atoms with E-state index >= 15 is 0 Å². The molecule has 0 saturated carbocycles. The molecule has 2 rings (SSSR count). The Morgan fingerprint density at radius 2 is 1.67 bits per heavy atom. The van der Waals surface area contributed by atoms with Gasteiger partial charge in [0.05, 0.1) is 4.90 Å². The van der Waals surface area contributed by atoms with Crippen molar-refractivity contribution in [3.63, 3.8) is 0 Å². The Balaban J connectivity index is 2.05. The van der Waals surface area contributed by atoms with Gasteiger partial charge in [-0.25, -0.2) is 8.42 Å². The number of rotatable bonds is 5. The van der Waals surface area contributed by atoms with E-state index in [0.29, 0.717) is 6.42 Å². The average molecular weight is 571 g/mol.